The van der Waals surface area contributed by atoms with Crippen molar-refractivity contribution in [1.82, 2.24) is 0 Å². The summed E-state index contributed by atoms with van der Waals surface area (Å²) in [5.74, 6) is 0. The van der Waals surface area contributed by atoms with E-state index in [0.717, 1.165) is 0 Å². The van der Waals surface area contributed by atoms with Crippen molar-refractivity contribution in [2.45, 2.75) is 46.2 Å². The number of aryl methyl sites for hydroxylation is 1. The Labute approximate surface area is 109 Å². The van der Waals surface area contributed by atoms with Crippen molar-refractivity contribution in [3.63, 3.8) is 0 Å². The summed E-state index contributed by atoms with van der Waals surface area (Å²) >= 11 is 0. The van der Waals surface area contributed by atoms with Crippen LogP contribution in [0.5, 0.6) is 0 Å². The number of hydrogen-bond donors (Lipinski definition) is 0. The van der Waals surface area contributed by atoms with Gasteiger partial charge in [-0.15, -0.1) is 0 Å². The zero-order valence-electron chi connectivity index (χ0n) is 12.4. The molecular formula is C15H26Si2. The molecule has 0 aliphatic heterocycles. The highest BCUT2D eigenvalue weighted by atomic mass is 28.4. The number of benzene rings is 1. The molecule has 1 rings (SSSR count). The van der Waals surface area contributed by atoms with Gasteiger partial charge in [-0.25, -0.2) is 0 Å². The van der Waals surface area contributed by atoms with Crippen LogP contribution in [0.2, 0.25) is 39.3 Å². The molecule has 0 aliphatic carbocycles. The van der Waals surface area contributed by atoms with Gasteiger partial charge in [0.25, 0.3) is 0 Å². The fourth-order valence-corrected chi connectivity index (χ4v) is 12.6. The van der Waals surface area contributed by atoms with E-state index in [1.54, 1.807) is 4.82 Å². The summed E-state index contributed by atoms with van der Waals surface area (Å²) < 4.78 is 0. The third-order valence-electron chi connectivity index (χ3n) is 3.10. The van der Waals surface area contributed by atoms with Gasteiger partial charge in [0.1, 0.15) is 0 Å². The van der Waals surface area contributed by atoms with E-state index < -0.39 is 16.1 Å². The van der Waals surface area contributed by atoms with Gasteiger partial charge in [-0.3, -0.25) is 0 Å². The van der Waals surface area contributed by atoms with E-state index in [1.165, 1.54) is 11.1 Å². The lowest BCUT2D eigenvalue weighted by Crippen LogP contribution is -2.39. The van der Waals surface area contributed by atoms with Gasteiger partial charge in [-0.05, 0) is 18.1 Å². The Bertz CT molecular complexity index is 401. The van der Waals surface area contributed by atoms with Crippen molar-refractivity contribution >= 4 is 22.2 Å². The third-order valence-corrected chi connectivity index (χ3v) is 11.1. The summed E-state index contributed by atoms with van der Waals surface area (Å²) in [7, 11) is -2.41. The summed E-state index contributed by atoms with van der Waals surface area (Å²) in [5.41, 5.74) is 2.80. The van der Waals surface area contributed by atoms with Crippen LogP contribution < -0.4 is 0 Å². The zero-order valence-corrected chi connectivity index (χ0v) is 14.4. The Hall–Kier alpha value is -0.606. The van der Waals surface area contributed by atoms with Gasteiger partial charge in [0, 0.05) is 0 Å². The molecule has 2 heteroatoms. The summed E-state index contributed by atoms with van der Waals surface area (Å²) in [4.78, 5) is 1.78. The van der Waals surface area contributed by atoms with E-state index >= 15 is 0 Å². The summed E-state index contributed by atoms with van der Waals surface area (Å²) in [6, 6.07) is 8.72. The molecule has 0 aromatic heterocycles. The molecule has 0 fully saturated rings. The van der Waals surface area contributed by atoms with Crippen molar-refractivity contribution in [2.24, 2.45) is 0 Å². The molecule has 0 unspecified atom stereocenters. The molecule has 1 aromatic carbocycles. The minimum Gasteiger partial charge on any atom is -0.0906 e. The predicted octanol–water partition coefficient (Wildman–Crippen LogP) is 5.13. The van der Waals surface area contributed by atoms with Gasteiger partial charge in [-0.1, -0.05) is 74.4 Å². The third kappa shape index (κ3) is 3.96. The lowest BCUT2D eigenvalue weighted by molar-refractivity contribution is 1.44. The normalized spacial score (nSPS) is 12.4. The average Bonchev–Trinajstić information content (AvgIpc) is 2.12. The first-order chi connectivity index (χ1) is 7.62. The van der Waals surface area contributed by atoms with E-state index in [9.17, 15) is 0 Å². The topological polar surface area (TPSA) is 0 Å². The van der Waals surface area contributed by atoms with Crippen LogP contribution in [-0.2, 0) is 0 Å². The summed E-state index contributed by atoms with van der Waals surface area (Å²) in [6.45, 7) is 17.0. The van der Waals surface area contributed by atoms with Crippen LogP contribution in [0.3, 0.4) is 0 Å². The van der Waals surface area contributed by atoms with Gasteiger partial charge in [0.15, 0.2) is 0 Å². The summed E-state index contributed by atoms with van der Waals surface area (Å²) in [6.07, 6.45) is 2.49. The van der Waals surface area contributed by atoms with Crippen molar-refractivity contribution in [1.29, 1.82) is 0 Å². The van der Waals surface area contributed by atoms with Crippen molar-refractivity contribution in [3.8, 4) is 0 Å². The molecule has 0 N–H and O–H groups in total. The van der Waals surface area contributed by atoms with Crippen LogP contribution in [0.1, 0.15) is 11.1 Å². The second-order valence-electron chi connectivity index (χ2n) is 6.91. The molecule has 0 saturated carbocycles. The Morgan fingerprint density at radius 1 is 0.882 bits per heavy atom. The van der Waals surface area contributed by atoms with Gasteiger partial charge in [0.05, 0.1) is 16.1 Å². The van der Waals surface area contributed by atoms with E-state index in [2.05, 4.69) is 76.5 Å². The van der Waals surface area contributed by atoms with Gasteiger partial charge in [-0.2, -0.15) is 0 Å². The minimum absolute atomic E-state index is 1.20. The standard InChI is InChI=1S/C15H26Si2/c1-13-10-8-9-11-14(13)12-15(16(2,3)4)17(5,6)7/h8-12H,1-7H3. The number of rotatable bonds is 3. The smallest absolute Gasteiger partial charge is 0.0682 e. The van der Waals surface area contributed by atoms with Crippen molar-refractivity contribution in [3.05, 3.63) is 40.2 Å². The van der Waals surface area contributed by atoms with Crippen LogP contribution in [0, 0.1) is 6.92 Å². The maximum Gasteiger partial charge on any atom is 0.0682 e. The first-order valence-corrected chi connectivity index (χ1v) is 13.4. The Morgan fingerprint density at radius 3 is 1.76 bits per heavy atom. The first-order valence-electron chi connectivity index (χ1n) is 6.40. The molecule has 0 nitrogen and oxygen atoms in total. The van der Waals surface area contributed by atoms with E-state index in [-0.39, 0.29) is 0 Å². The maximum absolute atomic E-state index is 2.49. The molecule has 94 valence electrons. The fraction of sp³-hybridized carbons (Fsp3) is 0.467. The van der Waals surface area contributed by atoms with Crippen LogP contribution in [0.15, 0.2) is 29.1 Å². The van der Waals surface area contributed by atoms with Gasteiger partial charge < -0.3 is 0 Å². The largest absolute Gasteiger partial charge is 0.0906 e. The highest BCUT2D eigenvalue weighted by Crippen LogP contribution is 2.28. The molecule has 0 radical (unpaired) electrons. The molecule has 0 bridgehead atoms. The monoisotopic (exact) mass is 262 g/mol. The molecule has 0 atom stereocenters. The molecular weight excluding hydrogens is 236 g/mol. The quantitative estimate of drug-likeness (QED) is 0.662. The lowest BCUT2D eigenvalue weighted by Gasteiger charge is -2.31. The van der Waals surface area contributed by atoms with Crippen LogP contribution in [0.4, 0.5) is 0 Å². The molecule has 0 heterocycles. The Morgan fingerprint density at radius 2 is 1.35 bits per heavy atom. The van der Waals surface area contributed by atoms with E-state index in [1.807, 2.05) is 0 Å². The molecule has 17 heavy (non-hydrogen) atoms. The molecule has 1 aromatic rings. The van der Waals surface area contributed by atoms with Crippen molar-refractivity contribution in [2.75, 3.05) is 0 Å². The minimum atomic E-state index is -1.20. The van der Waals surface area contributed by atoms with E-state index in [0.29, 0.717) is 0 Å². The molecule has 0 saturated heterocycles. The lowest BCUT2D eigenvalue weighted by atomic mass is 10.1. The van der Waals surface area contributed by atoms with Crippen LogP contribution in [0.25, 0.3) is 6.08 Å². The highest BCUT2D eigenvalue weighted by Gasteiger charge is 2.30. The van der Waals surface area contributed by atoms with Gasteiger partial charge in [0.2, 0.25) is 0 Å². The Kier molecular flexibility index (Phi) is 4.21. The van der Waals surface area contributed by atoms with Crippen LogP contribution >= 0.6 is 0 Å². The maximum atomic E-state index is 2.49. The summed E-state index contributed by atoms with van der Waals surface area (Å²) in [5, 5.41) is 0. The molecule has 0 aliphatic rings. The molecule has 0 amide bonds. The van der Waals surface area contributed by atoms with Crippen molar-refractivity contribution < 1.29 is 0 Å². The first kappa shape index (κ1) is 14.5. The average molecular weight is 263 g/mol. The Balaban J connectivity index is 3.30. The molecule has 0 spiro atoms. The highest BCUT2D eigenvalue weighted by molar-refractivity contribution is 7.05. The second kappa shape index (κ2) is 4.95. The van der Waals surface area contributed by atoms with Crippen LogP contribution in [-0.4, -0.2) is 16.1 Å². The van der Waals surface area contributed by atoms with Gasteiger partial charge >= 0.3 is 0 Å². The SMILES string of the molecule is Cc1ccccc1C=C([Si](C)(C)C)[Si](C)(C)C. The van der Waals surface area contributed by atoms with E-state index in [4.69, 9.17) is 0 Å². The number of hydrogen-bond acceptors (Lipinski definition) is 0. The fourth-order valence-electron chi connectivity index (χ4n) is 2.46. The zero-order chi connectivity index (χ0) is 13.3. The second-order valence-corrected chi connectivity index (χ2v) is 17.5. The predicted molar refractivity (Wildman–Crippen MR) is 85.8 cm³/mol.